The Labute approximate surface area is 138 Å². The van der Waals surface area contributed by atoms with Crippen LogP contribution in [0.15, 0.2) is 48.5 Å². The van der Waals surface area contributed by atoms with Gasteiger partial charge in [-0.2, -0.15) is 0 Å². The van der Waals surface area contributed by atoms with Gasteiger partial charge in [0.1, 0.15) is 5.75 Å². The molecular formula is C17H18INO2. The number of hydrogen-bond acceptors (Lipinski definition) is 2. The van der Waals surface area contributed by atoms with Gasteiger partial charge in [0.2, 0.25) is 0 Å². The molecule has 1 amide bonds. The number of carbonyl (C=O) groups is 1. The highest BCUT2D eigenvalue weighted by Gasteiger charge is 2.07. The molecule has 21 heavy (non-hydrogen) atoms. The van der Waals surface area contributed by atoms with E-state index >= 15 is 0 Å². The minimum atomic E-state index is -0.116. The highest BCUT2D eigenvalue weighted by Crippen LogP contribution is 2.19. The molecule has 0 aromatic heterocycles. The van der Waals surface area contributed by atoms with Gasteiger partial charge in [-0.1, -0.05) is 26.0 Å². The lowest BCUT2D eigenvalue weighted by molar-refractivity contribution is 0.102. The summed E-state index contributed by atoms with van der Waals surface area (Å²) in [6, 6.07) is 15.0. The van der Waals surface area contributed by atoms with Crippen LogP contribution in [0.3, 0.4) is 0 Å². The minimum absolute atomic E-state index is 0.116. The van der Waals surface area contributed by atoms with Crippen LogP contribution < -0.4 is 10.1 Å². The summed E-state index contributed by atoms with van der Waals surface area (Å²) in [5.74, 6) is 1.12. The van der Waals surface area contributed by atoms with E-state index in [0.717, 1.165) is 15.0 Å². The Bertz CT molecular complexity index is 626. The van der Waals surface area contributed by atoms with Crippen molar-refractivity contribution in [1.29, 1.82) is 0 Å². The minimum Gasteiger partial charge on any atom is -0.493 e. The van der Waals surface area contributed by atoms with Crippen molar-refractivity contribution in [2.75, 3.05) is 11.9 Å². The second-order valence-corrected chi connectivity index (χ2v) is 6.44. The lowest BCUT2D eigenvalue weighted by Crippen LogP contribution is -2.12. The van der Waals surface area contributed by atoms with E-state index in [1.165, 1.54) is 0 Å². The molecule has 0 fully saturated rings. The van der Waals surface area contributed by atoms with E-state index in [1.807, 2.05) is 42.5 Å². The molecule has 1 N–H and O–H groups in total. The summed E-state index contributed by atoms with van der Waals surface area (Å²) in [5, 5.41) is 2.89. The lowest BCUT2D eigenvalue weighted by Gasteiger charge is -2.11. The quantitative estimate of drug-likeness (QED) is 0.753. The first-order valence-corrected chi connectivity index (χ1v) is 7.92. The van der Waals surface area contributed by atoms with Gasteiger partial charge < -0.3 is 10.1 Å². The maximum atomic E-state index is 12.2. The molecule has 0 saturated carbocycles. The van der Waals surface area contributed by atoms with E-state index in [1.54, 1.807) is 6.07 Å². The summed E-state index contributed by atoms with van der Waals surface area (Å²) in [6.45, 7) is 4.86. The number of benzene rings is 2. The van der Waals surface area contributed by atoms with Crippen LogP contribution in [0.5, 0.6) is 5.75 Å². The normalized spacial score (nSPS) is 10.5. The number of rotatable bonds is 5. The van der Waals surface area contributed by atoms with E-state index in [-0.39, 0.29) is 5.91 Å². The van der Waals surface area contributed by atoms with Crippen LogP contribution in [-0.4, -0.2) is 12.5 Å². The number of hydrogen-bond donors (Lipinski definition) is 1. The molecule has 2 aromatic carbocycles. The van der Waals surface area contributed by atoms with Crippen LogP contribution in [0, 0.1) is 9.49 Å². The van der Waals surface area contributed by atoms with E-state index < -0.39 is 0 Å². The van der Waals surface area contributed by atoms with Gasteiger partial charge >= 0.3 is 0 Å². The molecule has 0 unspecified atom stereocenters. The molecule has 110 valence electrons. The van der Waals surface area contributed by atoms with Crippen molar-refractivity contribution in [2.24, 2.45) is 5.92 Å². The second-order valence-electron chi connectivity index (χ2n) is 5.20. The number of amides is 1. The van der Waals surface area contributed by atoms with Crippen LogP contribution in [-0.2, 0) is 0 Å². The molecule has 0 aliphatic heterocycles. The summed E-state index contributed by atoms with van der Waals surface area (Å²) < 4.78 is 6.70. The maximum absolute atomic E-state index is 12.2. The fraction of sp³-hybridized carbons (Fsp3) is 0.235. The van der Waals surface area contributed by atoms with Crippen molar-refractivity contribution in [3.63, 3.8) is 0 Å². The summed E-state index contributed by atoms with van der Waals surface area (Å²) in [4.78, 5) is 12.2. The van der Waals surface area contributed by atoms with Gasteiger partial charge in [0.25, 0.3) is 5.91 Å². The predicted molar refractivity (Wildman–Crippen MR) is 93.9 cm³/mol. The van der Waals surface area contributed by atoms with Crippen molar-refractivity contribution in [2.45, 2.75) is 13.8 Å². The zero-order valence-corrected chi connectivity index (χ0v) is 14.3. The van der Waals surface area contributed by atoms with Gasteiger partial charge in [-0.25, -0.2) is 0 Å². The number of carbonyl (C=O) groups excluding carboxylic acids is 1. The molecule has 0 aliphatic carbocycles. The third kappa shape index (κ3) is 5.04. The first kappa shape index (κ1) is 15.8. The Morgan fingerprint density at radius 3 is 2.67 bits per heavy atom. The van der Waals surface area contributed by atoms with Gasteiger partial charge in [-0.3, -0.25) is 4.79 Å². The molecule has 4 heteroatoms. The summed E-state index contributed by atoms with van der Waals surface area (Å²) in [6.07, 6.45) is 0. The molecule has 0 heterocycles. The van der Waals surface area contributed by atoms with Gasteiger partial charge in [-0.05, 0) is 58.8 Å². The van der Waals surface area contributed by atoms with Gasteiger partial charge in [0, 0.05) is 20.9 Å². The fourth-order valence-corrected chi connectivity index (χ4v) is 2.30. The zero-order valence-electron chi connectivity index (χ0n) is 12.1. The Balaban J connectivity index is 2.05. The number of nitrogens with one attached hydrogen (secondary N) is 1. The van der Waals surface area contributed by atoms with Crippen LogP contribution in [0.1, 0.15) is 24.2 Å². The van der Waals surface area contributed by atoms with Crippen LogP contribution in [0.2, 0.25) is 0 Å². The van der Waals surface area contributed by atoms with Gasteiger partial charge in [0.05, 0.1) is 6.61 Å². The van der Waals surface area contributed by atoms with E-state index in [2.05, 4.69) is 41.8 Å². The maximum Gasteiger partial charge on any atom is 0.255 e. The predicted octanol–water partition coefficient (Wildman–Crippen LogP) is 4.58. The highest BCUT2D eigenvalue weighted by molar-refractivity contribution is 14.1. The van der Waals surface area contributed by atoms with E-state index in [9.17, 15) is 4.79 Å². The summed E-state index contributed by atoms with van der Waals surface area (Å²) in [5.41, 5.74) is 1.38. The molecule has 0 saturated heterocycles. The molecule has 0 bridgehead atoms. The third-order valence-corrected chi connectivity index (χ3v) is 3.43. The number of anilines is 1. The SMILES string of the molecule is CC(C)COc1cccc(NC(=O)c2cccc(I)c2)c1. The topological polar surface area (TPSA) is 38.3 Å². The number of ether oxygens (including phenoxy) is 1. The fourth-order valence-electron chi connectivity index (χ4n) is 1.76. The summed E-state index contributed by atoms with van der Waals surface area (Å²) in [7, 11) is 0. The first-order chi connectivity index (χ1) is 10.0. The van der Waals surface area contributed by atoms with Crippen molar-refractivity contribution in [1.82, 2.24) is 0 Å². The smallest absolute Gasteiger partial charge is 0.255 e. The zero-order chi connectivity index (χ0) is 15.2. The van der Waals surface area contributed by atoms with Crippen LogP contribution >= 0.6 is 22.6 Å². The molecule has 0 spiro atoms. The Morgan fingerprint density at radius 1 is 1.19 bits per heavy atom. The highest BCUT2D eigenvalue weighted by atomic mass is 127. The summed E-state index contributed by atoms with van der Waals surface area (Å²) >= 11 is 2.19. The van der Waals surface area contributed by atoms with E-state index in [0.29, 0.717) is 18.1 Å². The van der Waals surface area contributed by atoms with Crippen molar-refractivity contribution >= 4 is 34.2 Å². The molecule has 2 aromatic rings. The van der Waals surface area contributed by atoms with E-state index in [4.69, 9.17) is 4.74 Å². The molecule has 3 nitrogen and oxygen atoms in total. The third-order valence-electron chi connectivity index (χ3n) is 2.76. The number of halogens is 1. The molecule has 2 rings (SSSR count). The van der Waals surface area contributed by atoms with Gasteiger partial charge in [-0.15, -0.1) is 0 Å². The molecule has 0 atom stereocenters. The van der Waals surface area contributed by atoms with Crippen LogP contribution in [0.4, 0.5) is 5.69 Å². The molecule has 0 aliphatic rings. The van der Waals surface area contributed by atoms with Gasteiger partial charge in [0.15, 0.2) is 0 Å². The average molecular weight is 395 g/mol. The largest absolute Gasteiger partial charge is 0.493 e. The Hall–Kier alpha value is -1.56. The molecular weight excluding hydrogens is 377 g/mol. The first-order valence-electron chi connectivity index (χ1n) is 6.84. The Morgan fingerprint density at radius 2 is 1.95 bits per heavy atom. The molecule has 0 radical (unpaired) electrons. The monoisotopic (exact) mass is 395 g/mol. The average Bonchev–Trinajstić information content (AvgIpc) is 2.45. The van der Waals surface area contributed by atoms with Crippen LogP contribution in [0.25, 0.3) is 0 Å². The second kappa shape index (κ2) is 7.45. The standard InChI is InChI=1S/C17H18INO2/c1-12(2)11-21-16-8-4-7-15(10-16)19-17(20)13-5-3-6-14(18)9-13/h3-10,12H,11H2,1-2H3,(H,19,20). The van der Waals surface area contributed by atoms with Crippen molar-refractivity contribution in [3.8, 4) is 5.75 Å². The Kier molecular flexibility index (Phi) is 5.61. The lowest BCUT2D eigenvalue weighted by atomic mass is 10.2. The van der Waals surface area contributed by atoms with Crippen molar-refractivity contribution < 1.29 is 9.53 Å². The van der Waals surface area contributed by atoms with Crippen molar-refractivity contribution in [3.05, 3.63) is 57.7 Å².